The van der Waals surface area contributed by atoms with Gasteiger partial charge in [-0.15, -0.1) is 0 Å². The molecule has 5 atom stereocenters. The van der Waals surface area contributed by atoms with Gasteiger partial charge in [-0.05, 0) is 22.3 Å². The molecule has 1 aliphatic rings. The summed E-state index contributed by atoms with van der Waals surface area (Å²) in [5, 5.41) is 11.2. The van der Waals surface area contributed by atoms with E-state index in [0.29, 0.717) is 26.4 Å². The quantitative estimate of drug-likeness (QED) is 0.236. The molecule has 40 heavy (non-hydrogen) atoms. The summed E-state index contributed by atoms with van der Waals surface area (Å²) in [7, 11) is 0. The van der Waals surface area contributed by atoms with E-state index < -0.39 is 30.7 Å². The smallest absolute Gasteiger partial charge is 0.184 e. The molecule has 0 spiro atoms. The summed E-state index contributed by atoms with van der Waals surface area (Å²) in [6.07, 6.45) is -3.72. The second-order valence-corrected chi connectivity index (χ2v) is 9.85. The molecule has 1 saturated heterocycles. The molecule has 0 bridgehead atoms. The third-order valence-corrected chi connectivity index (χ3v) is 6.86. The van der Waals surface area contributed by atoms with Crippen LogP contribution in [0.2, 0.25) is 0 Å². The van der Waals surface area contributed by atoms with E-state index in [1.165, 1.54) is 0 Å². The number of aliphatic hydroxyl groups is 1. The molecule has 4 aromatic carbocycles. The van der Waals surface area contributed by atoms with Crippen molar-refractivity contribution in [3.05, 3.63) is 144 Å². The third kappa shape index (κ3) is 8.08. The standard InChI is InChI=1S/C34H36O6/c35-34-33(39-24-29-19-11-4-12-20-29)32(38-23-28-17-9-3-10-18-28)31(37-22-27-15-7-2-8-16-27)30(40-34)25-36-21-26-13-5-1-6-14-26/h1-20,30-35H,21-25H2/t30?,31-,32+,33-,34+/m1/s1. The zero-order valence-electron chi connectivity index (χ0n) is 22.5. The van der Waals surface area contributed by atoms with Crippen LogP contribution in [0.25, 0.3) is 0 Å². The summed E-state index contributed by atoms with van der Waals surface area (Å²) in [6, 6.07) is 39.7. The van der Waals surface area contributed by atoms with Gasteiger partial charge >= 0.3 is 0 Å². The topological polar surface area (TPSA) is 66.4 Å². The van der Waals surface area contributed by atoms with E-state index in [-0.39, 0.29) is 6.61 Å². The molecule has 0 amide bonds. The van der Waals surface area contributed by atoms with Crippen LogP contribution in [0.15, 0.2) is 121 Å². The molecule has 1 aliphatic heterocycles. The van der Waals surface area contributed by atoms with E-state index in [4.69, 9.17) is 23.7 Å². The van der Waals surface area contributed by atoms with Crippen molar-refractivity contribution in [2.75, 3.05) is 6.61 Å². The minimum absolute atomic E-state index is 0.224. The second-order valence-electron chi connectivity index (χ2n) is 9.85. The van der Waals surface area contributed by atoms with Crippen LogP contribution in [0.3, 0.4) is 0 Å². The molecular formula is C34H36O6. The minimum atomic E-state index is -1.22. The Morgan fingerprint density at radius 3 is 1.30 bits per heavy atom. The van der Waals surface area contributed by atoms with Gasteiger partial charge < -0.3 is 28.8 Å². The van der Waals surface area contributed by atoms with Crippen LogP contribution in [0.1, 0.15) is 22.3 Å². The van der Waals surface area contributed by atoms with Crippen LogP contribution in [-0.2, 0) is 50.1 Å². The predicted molar refractivity (Wildman–Crippen MR) is 152 cm³/mol. The van der Waals surface area contributed by atoms with E-state index in [9.17, 15) is 5.11 Å². The molecule has 1 heterocycles. The number of benzene rings is 4. The molecule has 0 aromatic heterocycles. The van der Waals surface area contributed by atoms with Gasteiger partial charge in [0.2, 0.25) is 0 Å². The summed E-state index contributed by atoms with van der Waals surface area (Å²) in [4.78, 5) is 0. The van der Waals surface area contributed by atoms with Gasteiger partial charge in [-0.1, -0.05) is 121 Å². The van der Waals surface area contributed by atoms with Crippen LogP contribution >= 0.6 is 0 Å². The first kappa shape index (κ1) is 28.2. The zero-order valence-corrected chi connectivity index (χ0v) is 22.5. The fraction of sp³-hybridized carbons (Fsp3) is 0.294. The highest BCUT2D eigenvalue weighted by Gasteiger charge is 2.48. The molecule has 0 aliphatic carbocycles. The average molecular weight is 541 g/mol. The second kappa shape index (κ2) is 14.9. The van der Waals surface area contributed by atoms with Gasteiger partial charge in [-0.2, -0.15) is 0 Å². The number of aliphatic hydroxyl groups excluding tert-OH is 1. The molecule has 0 radical (unpaired) electrons. The van der Waals surface area contributed by atoms with Crippen molar-refractivity contribution in [1.29, 1.82) is 0 Å². The molecule has 5 rings (SSSR count). The lowest BCUT2D eigenvalue weighted by molar-refractivity contribution is -0.317. The van der Waals surface area contributed by atoms with Crippen LogP contribution in [0, 0.1) is 0 Å². The molecule has 208 valence electrons. The van der Waals surface area contributed by atoms with Crippen molar-refractivity contribution < 1.29 is 28.8 Å². The van der Waals surface area contributed by atoms with Crippen LogP contribution in [0.5, 0.6) is 0 Å². The van der Waals surface area contributed by atoms with Crippen LogP contribution in [-0.4, -0.2) is 42.4 Å². The van der Waals surface area contributed by atoms with Gasteiger partial charge in [-0.3, -0.25) is 0 Å². The highest BCUT2D eigenvalue weighted by atomic mass is 16.7. The first-order chi connectivity index (χ1) is 19.8. The fourth-order valence-electron chi connectivity index (χ4n) is 4.77. The summed E-state index contributed by atoms with van der Waals surface area (Å²) >= 11 is 0. The van der Waals surface area contributed by atoms with Crippen molar-refractivity contribution in [3.63, 3.8) is 0 Å². The number of hydrogen-bond donors (Lipinski definition) is 1. The number of hydrogen-bond acceptors (Lipinski definition) is 6. The van der Waals surface area contributed by atoms with Gasteiger partial charge in [0.25, 0.3) is 0 Å². The molecule has 1 fully saturated rings. The Morgan fingerprint density at radius 2 is 0.850 bits per heavy atom. The Bertz CT molecular complexity index is 1240. The molecule has 0 saturated carbocycles. The highest BCUT2D eigenvalue weighted by Crippen LogP contribution is 2.30. The van der Waals surface area contributed by atoms with Gasteiger partial charge in [0.05, 0.1) is 33.0 Å². The maximum atomic E-state index is 11.2. The molecule has 1 unspecified atom stereocenters. The first-order valence-corrected chi connectivity index (χ1v) is 13.7. The lowest BCUT2D eigenvalue weighted by Gasteiger charge is -2.44. The Labute approximate surface area is 236 Å². The highest BCUT2D eigenvalue weighted by molar-refractivity contribution is 5.16. The van der Waals surface area contributed by atoms with Crippen molar-refractivity contribution in [2.24, 2.45) is 0 Å². The largest absolute Gasteiger partial charge is 0.374 e. The molecule has 6 heteroatoms. The lowest BCUT2D eigenvalue weighted by Crippen LogP contribution is -2.61. The Kier molecular flexibility index (Phi) is 10.5. The van der Waals surface area contributed by atoms with E-state index in [2.05, 4.69) is 0 Å². The van der Waals surface area contributed by atoms with Crippen molar-refractivity contribution in [3.8, 4) is 0 Å². The van der Waals surface area contributed by atoms with Gasteiger partial charge in [0, 0.05) is 0 Å². The van der Waals surface area contributed by atoms with E-state index >= 15 is 0 Å². The predicted octanol–water partition coefficient (Wildman–Crippen LogP) is 5.68. The summed E-state index contributed by atoms with van der Waals surface area (Å²) in [5.41, 5.74) is 4.10. The van der Waals surface area contributed by atoms with E-state index in [1.54, 1.807) is 0 Å². The molecule has 4 aromatic rings. The average Bonchev–Trinajstić information content (AvgIpc) is 3.01. The maximum absolute atomic E-state index is 11.2. The lowest BCUT2D eigenvalue weighted by atomic mass is 9.98. The Hall–Kier alpha value is -3.36. The van der Waals surface area contributed by atoms with E-state index in [1.807, 2.05) is 121 Å². The van der Waals surface area contributed by atoms with Crippen molar-refractivity contribution in [1.82, 2.24) is 0 Å². The number of rotatable bonds is 13. The minimum Gasteiger partial charge on any atom is -0.374 e. The Morgan fingerprint density at radius 1 is 0.475 bits per heavy atom. The van der Waals surface area contributed by atoms with Crippen LogP contribution < -0.4 is 0 Å². The summed E-state index contributed by atoms with van der Waals surface area (Å²) in [6.45, 7) is 1.65. The van der Waals surface area contributed by atoms with Gasteiger partial charge in [-0.25, -0.2) is 0 Å². The molecule has 1 N–H and O–H groups in total. The maximum Gasteiger partial charge on any atom is 0.184 e. The molecular weight excluding hydrogens is 504 g/mol. The monoisotopic (exact) mass is 540 g/mol. The van der Waals surface area contributed by atoms with Gasteiger partial charge in [0.15, 0.2) is 6.29 Å². The normalized spacial score (nSPS) is 22.7. The summed E-state index contributed by atoms with van der Waals surface area (Å²) in [5.74, 6) is 0. The first-order valence-electron chi connectivity index (χ1n) is 13.7. The van der Waals surface area contributed by atoms with E-state index in [0.717, 1.165) is 22.3 Å². The summed E-state index contributed by atoms with van der Waals surface area (Å²) < 4.78 is 31.4. The van der Waals surface area contributed by atoms with Crippen molar-refractivity contribution >= 4 is 0 Å². The van der Waals surface area contributed by atoms with Crippen LogP contribution in [0.4, 0.5) is 0 Å². The molecule has 6 nitrogen and oxygen atoms in total. The third-order valence-electron chi connectivity index (χ3n) is 6.86. The SMILES string of the molecule is O[C@H]1OC(COCc2ccccc2)[C@@H](OCc2ccccc2)[C@H](OCc2ccccc2)[C@H]1OCc1ccccc1. The van der Waals surface area contributed by atoms with Crippen molar-refractivity contribution in [2.45, 2.75) is 57.1 Å². The zero-order chi connectivity index (χ0) is 27.4. The fourth-order valence-corrected chi connectivity index (χ4v) is 4.77. The Balaban J connectivity index is 1.36. The number of ether oxygens (including phenoxy) is 5. The van der Waals surface area contributed by atoms with Gasteiger partial charge in [0.1, 0.15) is 24.4 Å².